The number of benzene rings is 2. The summed E-state index contributed by atoms with van der Waals surface area (Å²) in [5.41, 5.74) is 3.46. The van der Waals surface area contributed by atoms with Gasteiger partial charge in [-0.15, -0.1) is 0 Å². The molecule has 124 valence electrons. The van der Waals surface area contributed by atoms with Gasteiger partial charge >= 0.3 is 0 Å². The van der Waals surface area contributed by atoms with Crippen molar-refractivity contribution in [2.45, 2.75) is 26.2 Å². The first-order valence-electron chi connectivity index (χ1n) is 7.98. The van der Waals surface area contributed by atoms with Crippen molar-refractivity contribution < 1.29 is 14.0 Å². The van der Waals surface area contributed by atoms with Gasteiger partial charge in [-0.25, -0.2) is 4.39 Å². The number of rotatable bonds is 3. The average Bonchev–Trinajstić information content (AvgIpc) is 2.56. The number of carbonyl (C=O) groups excluding carboxylic acids is 2. The topological polar surface area (TPSA) is 49.4 Å². The second-order valence-electron chi connectivity index (χ2n) is 5.97. The van der Waals surface area contributed by atoms with Crippen molar-refractivity contribution in [1.29, 1.82) is 0 Å². The molecule has 0 saturated heterocycles. The van der Waals surface area contributed by atoms with E-state index in [1.807, 2.05) is 18.2 Å². The highest BCUT2D eigenvalue weighted by molar-refractivity contribution is 5.95. The molecule has 2 amide bonds. The number of anilines is 2. The minimum Gasteiger partial charge on any atom is -0.326 e. The molecule has 1 aliphatic rings. The normalized spacial score (nSPS) is 13.3. The molecule has 5 heteroatoms. The molecule has 1 aliphatic heterocycles. The van der Waals surface area contributed by atoms with Crippen LogP contribution < -0.4 is 10.2 Å². The molecule has 3 rings (SSSR count). The number of fused-ring (bicyclic) bond motifs is 1. The van der Waals surface area contributed by atoms with Gasteiger partial charge in [0.15, 0.2) is 0 Å². The van der Waals surface area contributed by atoms with E-state index in [2.05, 4.69) is 5.32 Å². The standard InChI is InChI=1S/C19H19FN2O2/c1-13(23)22-10-2-3-15-12-17(8-9-18(15)22)21-19(24)11-14-4-6-16(20)7-5-14/h4-9,12H,2-3,10-11H2,1H3,(H,21,24). The van der Waals surface area contributed by atoms with Crippen molar-refractivity contribution in [1.82, 2.24) is 0 Å². The first-order valence-corrected chi connectivity index (χ1v) is 7.98. The smallest absolute Gasteiger partial charge is 0.228 e. The fraction of sp³-hybridized carbons (Fsp3) is 0.263. The Morgan fingerprint density at radius 1 is 1.17 bits per heavy atom. The third-order valence-corrected chi connectivity index (χ3v) is 4.14. The van der Waals surface area contributed by atoms with Gasteiger partial charge in [-0.1, -0.05) is 12.1 Å². The van der Waals surface area contributed by atoms with Crippen LogP contribution in [0.2, 0.25) is 0 Å². The van der Waals surface area contributed by atoms with Gasteiger partial charge in [-0.3, -0.25) is 9.59 Å². The monoisotopic (exact) mass is 326 g/mol. The van der Waals surface area contributed by atoms with Crippen molar-refractivity contribution in [3.8, 4) is 0 Å². The largest absolute Gasteiger partial charge is 0.326 e. The van der Waals surface area contributed by atoms with Gasteiger partial charge in [0.1, 0.15) is 5.82 Å². The molecule has 24 heavy (non-hydrogen) atoms. The molecule has 0 aliphatic carbocycles. The molecule has 2 aromatic carbocycles. The molecule has 0 unspecified atom stereocenters. The molecule has 0 saturated carbocycles. The number of nitrogens with one attached hydrogen (secondary N) is 1. The minimum absolute atomic E-state index is 0.0315. The molecule has 0 spiro atoms. The zero-order chi connectivity index (χ0) is 17.1. The Kier molecular flexibility index (Phi) is 4.60. The summed E-state index contributed by atoms with van der Waals surface area (Å²) in [5.74, 6) is -0.436. The molecular formula is C19H19FN2O2. The van der Waals surface area contributed by atoms with Crippen molar-refractivity contribution >= 4 is 23.2 Å². The van der Waals surface area contributed by atoms with Crippen LogP contribution >= 0.6 is 0 Å². The van der Waals surface area contributed by atoms with Crippen LogP contribution in [0.25, 0.3) is 0 Å². The summed E-state index contributed by atoms with van der Waals surface area (Å²) in [6.07, 6.45) is 2.00. The molecule has 0 bridgehead atoms. The lowest BCUT2D eigenvalue weighted by Crippen LogP contribution is -2.33. The molecule has 2 aromatic rings. The summed E-state index contributed by atoms with van der Waals surface area (Å²) in [5, 5.41) is 2.86. The second-order valence-corrected chi connectivity index (χ2v) is 5.97. The fourth-order valence-corrected chi connectivity index (χ4v) is 2.99. The van der Waals surface area contributed by atoms with Crippen LogP contribution in [0.1, 0.15) is 24.5 Å². The maximum atomic E-state index is 12.9. The van der Waals surface area contributed by atoms with E-state index < -0.39 is 0 Å². The summed E-state index contributed by atoms with van der Waals surface area (Å²) < 4.78 is 12.9. The van der Waals surface area contributed by atoms with Gasteiger partial charge in [0.25, 0.3) is 0 Å². The van der Waals surface area contributed by atoms with Gasteiger partial charge in [0, 0.05) is 24.8 Å². The summed E-state index contributed by atoms with van der Waals surface area (Å²) in [6.45, 7) is 2.30. The summed E-state index contributed by atoms with van der Waals surface area (Å²) in [7, 11) is 0. The maximum Gasteiger partial charge on any atom is 0.228 e. The van der Waals surface area contributed by atoms with E-state index in [-0.39, 0.29) is 24.1 Å². The highest BCUT2D eigenvalue weighted by Crippen LogP contribution is 2.29. The molecule has 1 N–H and O–H groups in total. The predicted octanol–water partition coefficient (Wildman–Crippen LogP) is 3.31. The van der Waals surface area contributed by atoms with Gasteiger partial charge in [0.05, 0.1) is 6.42 Å². The Balaban J connectivity index is 1.70. The Bertz CT molecular complexity index is 771. The van der Waals surface area contributed by atoms with E-state index >= 15 is 0 Å². The van der Waals surface area contributed by atoms with Crippen LogP contribution in [0.15, 0.2) is 42.5 Å². The Labute approximate surface area is 140 Å². The van der Waals surface area contributed by atoms with Gasteiger partial charge in [-0.05, 0) is 54.3 Å². The van der Waals surface area contributed by atoms with Crippen LogP contribution in [0.5, 0.6) is 0 Å². The number of hydrogen-bond acceptors (Lipinski definition) is 2. The van der Waals surface area contributed by atoms with E-state index in [9.17, 15) is 14.0 Å². The maximum absolute atomic E-state index is 12.9. The summed E-state index contributed by atoms with van der Waals surface area (Å²) in [4.78, 5) is 25.6. The van der Waals surface area contributed by atoms with Crippen LogP contribution in [0, 0.1) is 5.82 Å². The number of amides is 2. The molecular weight excluding hydrogens is 307 g/mol. The Morgan fingerprint density at radius 2 is 1.92 bits per heavy atom. The van der Waals surface area contributed by atoms with Crippen molar-refractivity contribution in [3.63, 3.8) is 0 Å². The Morgan fingerprint density at radius 3 is 2.62 bits per heavy atom. The molecule has 1 heterocycles. The lowest BCUT2D eigenvalue weighted by molar-refractivity contribution is -0.117. The third kappa shape index (κ3) is 3.62. The van der Waals surface area contributed by atoms with Crippen LogP contribution in [0.4, 0.5) is 15.8 Å². The van der Waals surface area contributed by atoms with E-state index in [0.29, 0.717) is 5.69 Å². The zero-order valence-corrected chi connectivity index (χ0v) is 13.5. The molecule has 0 fully saturated rings. The van der Waals surface area contributed by atoms with E-state index in [0.717, 1.165) is 36.2 Å². The van der Waals surface area contributed by atoms with E-state index in [1.54, 1.807) is 24.0 Å². The predicted molar refractivity (Wildman–Crippen MR) is 91.5 cm³/mol. The number of carbonyl (C=O) groups is 2. The van der Waals surface area contributed by atoms with E-state index in [1.165, 1.54) is 12.1 Å². The van der Waals surface area contributed by atoms with Crippen molar-refractivity contribution in [2.75, 3.05) is 16.8 Å². The fourth-order valence-electron chi connectivity index (χ4n) is 2.99. The quantitative estimate of drug-likeness (QED) is 0.941. The minimum atomic E-state index is -0.316. The number of nitrogens with zero attached hydrogens (tertiary/aromatic N) is 1. The number of aryl methyl sites for hydroxylation is 1. The van der Waals surface area contributed by atoms with E-state index in [4.69, 9.17) is 0 Å². The summed E-state index contributed by atoms with van der Waals surface area (Å²) in [6, 6.07) is 11.5. The molecule has 0 radical (unpaired) electrons. The van der Waals surface area contributed by atoms with Crippen molar-refractivity contribution in [3.05, 3.63) is 59.4 Å². The van der Waals surface area contributed by atoms with Crippen molar-refractivity contribution in [2.24, 2.45) is 0 Å². The number of hydrogen-bond donors (Lipinski definition) is 1. The molecule has 0 aromatic heterocycles. The second kappa shape index (κ2) is 6.83. The summed E-state index contributed by atoms with van der Waals surface area (Å²) >= 11 is 0. The lowest BCUT2D eigenvalue weighted by atomic mass is 10.0. The van der Waals surface area contributed by atoms with Gasteiger partial charge < -0.3 is 10.2 Å². The highest BCUT2D eigenvalue weighted by Gasteiger charge is 2.20. The first-order chi connectivity index (χ1) is 11.5. The first kappa shape index (κ1) is 16.2. The lowest BCUT2D eigenvalue weighted by Gasteiger charge is -2.29. The van der Waals surface area contributed by atoms with Crippen LogP contribution in [-0.4, -0.2) is 18.4 Å². The zero-order valence-electron chi connectivity index (χ0n) is 13.5. The highest BCUT2D eigenvalue weighted by atomic mass is 19.1. The SMILES string of the molecule is CC(=O)N1CCCc2cc(NC(=O)Cc3ccc(F)cc3)ccc21. The van der Waals surface area contributed by atoms with Gasteiger partial charge in [-0.2, -0.15) is 0 Å². The average molecular weight is 326 g/mol. The third-order valence-electron chi connectivity index (χ3n) is 4.14. The molecule has 4 nitrogen and oxygen atoms in total. The van der Waals surface area contributed by atoms with Crippen LogP contribution in [-0.2, 0) is 22.4 Å². The van der Waals surface area contributed by atoms with Gasteiger partial charge in [0.2, 0.25) is 11.8 Å². The van der Waals surface area contributed by atoms with Crippen LogP contribution in [0.3, 0.4) is 0 Å². The Hall–Kier alpha value is -2.69. The number of halogens is 1. The molecule has 0 atom stereocenters.